The molecule has 2 fully saturated rings. The van der Waals surface area contributed by atoms with Crippen molar-refractivity contribution in [2.75, 3.05) is 59.4 Å². The number of carbonyl (C=O) groups excluding carboxylic acids is 1. The highest BCUT2D eigenvalue weighted by Crippen LogP contribution is 2.19. The molecular formula is C22H32N6O4S. The Morgan fingerprint density at radius 3 is 2.06 bits per heavy atom. The lowest BCUT2D eigenvalue weighted by Gasteiger charge is -2.39. The molecule has 1 aromatic heterocycles. The summed E-state index contributed by atoms with van der Waals surface area (Å²) in [5.74, 6) is -0.0806. The van der Waals surface area contributed by atoms with Crippen LogP contribution in [0, 0.1) is 5.92 Å². The second kappa shape index (κ2) is 9.49. The monoisotopic (exact) mass is 476 g/mol. The number of rotatable bonds is 5. The molecule has 180 valence electrons. The van der Waals surface area contributed by atoms with Crippen LogP contribution in [0.3, 0.4) is 0 Å². The largest absolute Gasteiger partial charge is 0.335 e. The number of carbonyl (C=O) groups is 1. The van der Waals surface area contributed by atoms with Gasteiger partial charge in [0.2, 0.25) is 0 Å². The minimum absolute atomic E-state index is 0.197. The van der Waals surface area contributed by atoms with Gasteiger partial charge in [-0.25, -0.2) is 4.68 Å². The highest BCUT2D eigenvalue weighted by molar-refractivity contribution is 7.86. The Kier molecular flexibility index (Phi) is 6.85. The van der Waals surface area contributed by atoms with E-state index in [9.17, 15) is 18.0 Å². The quantitative estimate of drug-likeness (QED) is 0.616. The van der Waals surface area contributed by atoms with Gasteiger partial charge in [0.05, 0.1) is 5.39 Å². The van der Waals surface area contributed by atoms with Crippen LogP contribution in [0.1, 0.15) is 24.3 Å². The molecule has 0 N–H and O–H groups in total. The second-order valence-corrected chi connectivity index (χ2v) is 11.1. The molecule has 2 aliphatic rings. The predicted molar refractivity (Wildman–Crippen MR) is 126 cm³/mol. The predicted octanol–water partition coefficient (Wildman–Crippen LogP) is 0.303. The number of amides is 1. The fourth-order valence-electron chi connectivity index (χ4n) is 4.32. The van der Waals surface area contributed by atoms with Crippen molar-refractivity contribution >= 4 is 26.9 Å². The molecule has 0 aliphatic carbocycles. The zero-order valence-corrected chi connectivity index (χ0v) is 20.3. The van der Waals surface area contributed by atoms with Gasteiger partial charge in [0, 0.05) is 64.3 Å². The van der Waals surface area contributed by atoms with Crippen LogP contribution in [0.4, 0.5) is 0 Å². The van der Waals surface area contributed by atoms with Crippen LogP contribution in [0.2, 0.25) is 0 Å². The molecule has 33 heavy (non-hydrogen) atoms. The van der Waals surface area contributed by atoms with Crippen molar-refractivity contribution in [3.63, 3.8) is 0 Å². The van der Waals surface area contributed by atoms with Crippen molar-refractivity contribution in [2.45, 2.75) is 20.4 Å². The maximum absolute atomic E-state index is 13.4. The van der Waals surface area contributed by atoms with E-state index >= 15 is 0 Å². The molecule has 4 rings (SSSR count). The topological polar surface area (TPSA) is 99.1 Å². The highest BCUT2D eigenvalue weighted by atomic mass is 32.2. The molecule has 0 unspecified atom stereocenters. The summed E-state index contributed by atoms with van der Waals surface area (Å²) in [7, 11) is -1.56. The van der Waals surface area contributed by atoms with Crippen LogP contribution in [0.15, 0.2) is 29.1 Å². The molecule has 1 amide bonds. The average Bonchev–Trinajstić information content (AvgIpc) is 2.80. The number of hydrogen-bond donors (Lipinski definition) is 0. The van der Waals surface area contributed by atoms with Gasteiger partial charge in [-0.05, 0) is 19.0 Å². The Morgan fingerprint density at radius 1 is 0.939 bits per heavy atom. The summed E-state index contributed by atoms with van der Waals surface area (Å²) >= 11 is 0. The number of aromatic nitrogens is 2. The van der Waals surface area contributed by atoms with Gasteiger partial charge in [-0.15, -0.1) is 0 Å². The fourth-order valence-corrected chi connectivity index (χ4v) is 5.89. The molecule has 0 radical (unpaired) electrons. The van der Waals surface area contributed by atoms with Crippen LogP contribution in [-0.2, 0) is 16.8 Å². The summed E-state index contributed by atoms with van der Waals surface area (Å²) in [6.45, 7) is 7.82. The molecule has 1 aromatic carbocycles. The number of piperazine rings is 2. The summed E-state index contributed by atoms with van der Waals surface area (Å²) in [4.78, 5) is 30.0. The minimum Gasteiger partial charge on any atom is -0.335 e. The van der Waals surface area contributed by atoms with Gasteiger partial charge < -0.3 is 9.80 Å². The number of fused-ring (bicyclic) bond motifs is 1. The Balaban J connectivity index is 1.53. The molecule has 10 nitrogen and oxygen atoms in total. The maximum Gasteiger partial charge on any atom is 0.282 e. The van der Waals surface area contributed by atoms with Gasteiger partial charge in [0.1, 0.15) is 0 Å². The molecule has 0 spiro atoms. The highest BCUT2D eigenvalue weighted by Gasteiger charge is 2.35. The molecule has 0 saturated carbocycles. The summed E-state index contributed by atoms with van der Waals surface area (Å²) in [5.41, 5.74) is 0.0279. The molecule has 3 heterocycles. The van der Waals surface area contributed by atoms with Gasteiger partial charge >= 0.3 is 0 Å². The fraction of sp³-hybridized carbons (Fsp3) is 0.591. The average molecular weight is 477 g/mol. The first-order valence-corrected chi connectivity index (χ1v) is 12.8. The zero-order chi connectivity index (χ0) is 23.8. The van der Waals surface area contributed by atoms with Gasteiger partial charge in [0.25, 0.3) is 21.7 Å². The van der Waals surface area contributed by atoms with Crippen molar-refractivity contribution < 1.29 is 13.2 Å². The van der Waals surface area contributed by atoms with E-state index in [2.05, 4.69) is 10.00 Å². The molecule has 0 atom stereocenters. The molecule has 2 aromatic rings. The SMILES string of the molecule is CC(C)Cn1nc(C(=O)N2CCN(S(=O)(=O)N3CCN(C)CC3)CC2)c2ccccc2c1=O. The normalized spacial score (nSPS) is 19.5. The molecular weight excluding hydrogens is 444 g/mol. The van der Waals surface area contributed by atoms with Gasteiger partial charge in [-0.1, -0.05) is 32.0 Å². The lowest BCUT2D eigenvalue weighted by molar-refractivity contribution is 0.0685. The van der Waals surface area contributed by atoms with Crippen LogP contribution in [0.5, 0.6) is 0 Å². The van der Waals surface area contributed by atoms with Crippen molar-refractivity contribution in [1.82, 2.24) is 28.2 Å². The minimum atomic E-state index is -3.54. The van der Waals surface area contributed by atoms with E-state index in [1.807, 2.05) is 20.9 Å². The number of nitrogens with zero attached hydrogens (tertiary/aromatic N) is 6. The van der Waals surface area contributed by atoms with Crippen LogP contribution < -0.4 is 5.56 Å². The summed E-state index contributed by atoms with van der Waals surface area (Å²) in [6, 6.07) is 7.02. The molecule has 11 heteroatoms. The van der Waals surface area contributed by atoms with Crippen molar-refractivity contribution in [1.29, 1.82) is 0 Å². The van der Waals surface area contributed by atoms with E-state index in [-0.39, 0.29) is 49.3 Å². The number of hydrogen-bond acceptors (Lipinski definition) is 6. The first kappa shape index (κ1) is 23.8. The van der Waals surface area contributed by atoms with E-state index in [0.29, 0.717) is 43.5 Å². The Morgan fingerprint density at radius 2 is 1.48 bits per heavy atom. The standard InChI is InChI=1S/C22H32N6O4S/c1-17(2)16-28-21(29)19-7-5-4-6-18(19)20(23-28)22(30)25-10-14-27(15-11-25)33(31,32)26-12-8-24(3)9-13-26/h4-7,17H,8-16H2,1-3H3. The van der Waals surface area contributed by atoms with E-state index in [4.69, 9.17) is 0 Å². The zero-order valence-electron chi connectivity index (χ0n) is 19.5. The first-order chi connectivity index (χ1) is 15.7. The summed E-state index contributed by atoms with van der Waals surface area (Å²) in [5, 5.41) is 5.43. The third-order valence-corrected chi connectivity index (χ3v) is 8.28. The molecule has 2 aliphatic heterocycles. The van der Waals surface area contributed by atoms with Gasteiger partial charge in [0.15, 0.2) is 5.69 Å². The lowest BCUT2D eigenvalue weighted by atomic mass is 10.1. The second-order valence-electron chi connectivity index (χ2n) is 9.18. The van der Waals surface area contributed by atoms with Crippen LogP contribution in [0.25, 0.3) is 10.8 Å². The third-order valence-electron chi connectivity index (χ3n) is 6.25. The smallest absolute Gasteiger partial charge is 0.282 e. The van der Waals surface area contributed by atoms with E-state index in [1.165, 1.54) is 13.3 Å². The molecule has 2 saturated heterocycles. The maximum atomic E-state index is 13.4. The van der Waals surface area contributed by atoms with E-state index < -0.39 is 10.2 Å². The van der Waals surface area contributed by atoms with Crippen molar-refractivity contribution in [3.05, 3.63) is 40.3 Å². The van der Waals surface area contributed by atoms with Crippen molar-refractivity contribution in [2.24, 2.45) is 5.92 Å². The Labute approximate surface area is 194 Å². The Bertz CT molecular complexity index is 1180. The van der Waals surface area contributed by atoms with Gasteiger partial charge in [-0.2, -0.15) is 22.1 Å². The van der Waals surface area contributed by atoms with Crippen LogP contribution in [-0.4, -0.2) is 102 Å². The third kappa shape index (κ3) is 4.81. The van der Waals surface area contributed by atoms with Gasteiger partial charge in [-0.3, -0.25) is 9.59 Å². The number of benzene rings is 1. The van der Waals surface area contributed by atoms with E-state index in [0.717, 1.165) is 0 Å². The molecule has 0 bridgehead atoms. The lowest BCUT2D eigenvalue weighted by Crippen LogP contribution is -2.57. The van der Waals surface area contributed by atoms with E-state index in [1.54, 1.807) is 29.2 Å². The summed E-state index contributed by atoms with van der Waals surface area (Å²) in [6.07, 6.45) is 0. The first-order valence-electron chi connectivity index (χ1n) is 11.4. The van der Waals surface area contributed by atoms with Crippen molar-refractivity contribution in [3.8, 4) is 0 Å². The summed E-state index contributed by atoms with van der Waals surface area (Å²) < 4.78 is 30.4. The number of likely N-dealkylation sites (N-methyl/N-ethyl adjacent to an activating group) is 1. The van der Waals surface area contributed by atoms with Crippen LogP contribution >= 0.6 is 0 Å². The Hall–Kier alpha value is -2.34.